The van der Waals surface area contributed by atoms with Crippen molar-refractivity contribution in [2.75, 3.05) is 30.9 Å². The number of piperidine rings is 1. The van der Waals surface area contributed by atoms with Gasteiger partial charge in [-0.15, -0.1) is 0 Å². The van der Waals surface area contributed by atoms with Gasteiger partial charge in [-0.2, -0.15) is 10.2 Å². The maximum Gasteiger partial charge on any atom is 0.208 e. The summed E-state index contributed by atoms with van der Waals surface area (Å²) in [4.78, 5) is 6.68. The molecule has 1 saturated heterocycles. The molecule has 1 aliphatic carbocycles. The second-order valence-electron chi connectivity index (χ2n) is 8.66. The molecule has 0 spiro atoms. The summed E-state index contributed by atoms with van der Waals surface area (Å²) in [5, 5.41) is 7.86. The number of rotatable bonds is 7. The van der Waals surface area contributed by atoms with Crippen molar-refractivity contribution < 1.29 is 13.2 Å². The number of pyridine rings is 1. The van der Waals surface area contributed by atoms with Crippen LogP contribution >= 0.6 is 0 Å². The van der Waals surface area contributed by atoms with Crippen LogP contribution in [-0.4, -0.2) is 61.7 Å². The van der Waals surface area contributed by atoms with Crippen LogP contribution in [0.2, 0.25) is 0 Å². The molecule has 168 valence electrons. The van der Waals surface area contributed by atoms with E-state index in [4.69, 9.17) is 4.74 Å². The van der Waals surface area contributed by atoms with Gasteiger partial charge in [-0.25, -0.2) is 18.1 Å². The molecule has 1 saturated carbocycles. The third-order valence-corrected chi connectivity index (χ3v) is 7.10. The number of anilines is 1. The van der Waals surface area contributed by atoms with Crippen molar-refractivity contribution in [2.45, 2.75) is 50.2 Å². The van der Waals surface area contributed by atoms with E-state index in [0.29, 0.717) is 12.5 Å². The first kappa shape index (κ1) is 22.1. The first-order chi connectivity index (χ1) is 15.0. The van der Waals surface area contributed by atoms with Gasteiger partial charge in [0.2, 0.25) is 10.0 Å². The normalized spacial score (nSPS) is 27.2. The van der Waals surface area contributed by atoms with E-state index in [-0.39, 0.29) is 18.1 Å². The number of hydrogen-bond donors (Lipinski definition) is 1. The molecule has 4 rings (SSSR count). The van der Waals surface area contributed by atoms with Crippen LogP contribution in [0.1, 0.15) is 43.6 Å². The van der Waals surface area contributed by atoms with E-state index in [1.54, 1.807) is 12.4 Å². The number of nitrogens with one attached hydrogen (secondary N) is 1. The highest BCUT2D eigenvalue weighted by Gasteiger charge is 2.33. The van der Waals surface area contributed by atoms with Crippen LogP contribution in [0.5, 0.6) is 0 Å². The maximum atomic E-state index is 11.9. The highest BCUT2D eigenvalue weighted by atomic mass is 32.2. The molecule has 2 atom stereocenters. The smallest absolute Gasteiger partial charge is 0.208 e. The standard InChI is InChI=1S/C22H31N5O3S/c1-31(28,29)26-21-10-13-27(22-4-2-3-11-23-22)15-19(21)16-30-20-7-5-17(6-8-20)18-9-12-24-25-14-18/h2-4,9,11-12,14,17,19-21,26H,5-8,10,13,15-16H2,1H3/t17?,19-,20?,21-/m0/s1. The number of sulfonamides is 1. The fourth-order valence-electron chi connectivity index (χ4n) is 4.75. The minimum atomic E-state index is -3.27. The predicted molar refractivity (Wildman–Crippen MR) is 119 cm³/mol. The zero-order valence-electron chi connectivity index (χ0n) is 17.9. The molecule has 3 heterocycles. The summed E-state index contributed by atoms with van der Waals surface area (Å²) in [5.74, 6) is 1.52. The van der Waals surface area contributed by atoms with Crippen molar-refractivity contribution >= 4 is 15.8 Å². The summed E-state index contributed by atoms with van der Waals surface area (Å²) in [7, 11) is -3.27. The maximum absolute atomic E-state index is 11.9. The summed E-state index contributed by atoms with van der Waals surface area (Å²) in [6.07, 6.45) is 11.8. The molecule has 2 fully saturated rings. The van der Waals surface area contributed by atoms with Crippen LogP contribution in [-0.2, 0) is 14.8 Å². The van der Waals surface area contributed by atoms with E-state index < -0.39 is 10.0 Å². The zero-order valence-corrected chi connectivity index (χ0v) is 18.7. The van der Waals surface area contributed by atoms with Gasteiger partial charge in [-0.3, -0.25) is 0 Å². The Hall–Kier alpha value is -2.10. The Morgan fingerprint density at radius 1 is 1.10 bits per heavy atom. The monoisotopic (exact) mass is 445 g/mol. The molecular formula is C22H31N5O3S. The lowest BCUT2D eigenvalue weighted by molar-refractivity contribution is -0.00215. The van der Waals surface area contributed by atoms with Crippen molar-refractivity contribution in [3.8, 4) is 0 Å². The Bertz CT molecular complexity index is 921. The first-order valence-electron chi connectivity index (χ1n) is 11.0. The van der Waals surface area contributed by atoms with E-state index in [0.717, 1.165) is 51.0 Å². The van der Waals surface area contributed by atoms with E-state index in [1.807, 2.05) is 24.4 Å². The molecule has 1 aliphatic heterocycles. The van der Waals surface area contributed by atoms with Crippen molar-refractivity contribution in [3.63, 3.8) is 0 Å². The second kappa shape index (κ2) is 10.0. The molecule has 0 unspecified atom stereocenters. The van der Waals surface area contributed by atoms with Gasteiger partial charge < -0.3 is 9.64 Å². The molecule has 0 amide bonds. The molecule has 9 heteroatoms. The number of hydrogen-bond acceptors (Lipinski definition) is 7. The van der Waals surface area contributed by atoms with E-state index in [9.17, 15) is 8.42 Å². The molecule has 0 aromatic carbocycles. The average Bonchev–Trinajstić information content (AvgIpc) is 2.79. The minimum Gasteiger partial charge on any atom is -0.378 e. The summed E-state index contributed by atoms with van der Waals surface area (Å²) in [6, 6.07) is 7.81. The van der Waals surface area contributed by atoms with Gasteiger partial charge in [-0.1, -0.05) is 6.07 Å². The van der Waals surface area contributed by atoms with Crippen molar-refractivity contribution in [2.24, 2.45) is 5.92 Å². The summed E-state index contributed by atoms with van der Waals surface area (Å²) >= 11 is 0. The summed E-state index contributed by atoms with van der Waals surface area (Å²) in [5.41, 5.74) is 1.25. The SMILES string of the molecule is CS(=O)(=O)N[C@H]1CCN(c2ccccn2)C[C@H]1COC1CCC(c2ccnnc2)CC1. The molecule has 0 radical (unpaired) electrons. The third kappa shape index (κ3) is 6.21. The van der Waals surface area contributed by atoms with Crippen LogP contribution in [0.15, 0.2) is 42.9 Å². The fourth-order valence-corrected chi connectivity index (χ4v) is 5.61. The van der Waals surface area contributed by atoms with E-state index in [2.05, 4.69) is 30.9 Å². The Morgan fingerprint density at radius 2 is 1.94 bits per heavy atom. The van der Waals surface area contributed by atoms with Gasteiger partial charge in [0.1, 0.15) is 5.82 Å². The predicted octanol–water partition coefficient (Wildman–Crippen LogP) is 2.36. The number of ether oxygens (including phenoxy) is 1. The highest BCUT2D eigenvalue weighted by molar-refractivity contribution is 7.88. The van der Waals surface area contributed by atoms with Crippen LogP contribution in [0.25, 0.3) is 0 Å². The largest absolute Gasteiger partial charge is 0.378 e. The van der Waals surface area contributed by atoms with E-state index in [1.165, 1.54) is 11.8 Å². The number of aromatic nitrogens is 3. The molecule has 2 aromatic heterocycles. The summed E-state index contributed by atoms with van der Waals surface area (Å²) in [6.45, 7) is 2.04. The first-order valence-corrected chi connectivity index (χ1v) is 12.9. The Morgan fingerprint density at radius 3 is 2.61 bits per heavy atom. The molecule has 1 N–H and O–H groups in total. The lowest BCUT2D eigenvalue weighted by Gasteiger charge is -2.40. The van der Waals surface area contributed by atoms with Crippen LogP contribution in [0.3, 0.4) is 0 Å². The molecular weight excluding hydrogens is 414 g/mol. The molecule has 0 bridgehead atoms. The minimum absolute atomic E-state index is 0.0765. The van der Waals surface area contributed by atoms with Crippen molar-refractivity contribution in [1.82, 2.24) is 19.9 Å². The van der Waals surface area contributed by atoms with Crippen LogP contribution in [0, 0.1) is 5.92 Å². The quantitative estimate of drug-likeness (QED) is 0.699. The fraction of sp³-hybridized carbons (Fsp3) is 0.591. The Balaban J connectivity index is 1.34. The molecule has 2 aliphatic rings. The molecule has 31 heavy (non-hydrogen) atoms. The van der Waals surface area contributed by atoms with Crippen LogP contribution in [0.4, 0.5) is 5.82 Å². The van der Waals surface area contributed by atoms with Gasteiger partial charge >= 0.3 is 0 Å². The lowest BCUT2D eigenvalue weighted by atomic mass is 9.83. The Labute approximate surface area is 184 Å². The lowest BCUT2D eigenvalue weighted by Crippen LogP contribution is -2.52. The zero-order chi connectivity index (χ0) is 21.7. The molecule has 2 aromatic rings. The van der Waals surface area contributed by atoms with Gasteiger partial charge in [0.05, 0.1) is 25.2 Å². The van der Waals surface area contributed by atoms with Gasteiger partial charge in [0.15, 0.2) is 0 Å². The highest BCUT2D eigenvalue weighted by Crippen LogP contribution is 2.34. The number of nitrogens with zero attached hydrogens (tertiary/aromatic N) is 4. The summed E-state index contributed by atoms with van der Waals surface area (Å²) < 4.78 is 32.9. The van der Waals surface area contributed by atoms with Crippen LogP contribution < -0.4 is 9.62 Å². The van der Waals surface area contributed by atoms with Gasteiger partial charge in [0.25, 0.3) is 0 Å². The topological polar surface area (TPSA) is 97.3 Å². The van der Waals surface area contributed by atoms with Crippen molar-refractivity contribution in [1.29, 1.82) is 0 Å². The molecule has 8 nitrogen and oxygen atoms in total. The van der Waals surface area contributed by atoms with Crippen molar-refractivity contribution in [3.05, 3.63) is 48.4 Å². The van der Waals surface area contributed by atoms with E-state index >= 15 is 0 Å². The van der Waals surface area contributed by atoms with Gasteiger partial charge in [-0.05, 0) is 61.8 Å². The third-order valence-electron chi connectivity index (χ3n) is 6.37. The Kier molecular flexibility index (Phi) is 7.14. The van der Waals surface area contributed by atoms with Gasteiger partial charge in [0, 0.05) is 37.4 Å². The second-order valence-corrected chi connectivity index (χ2v) is 10.4. The average molecular weight is 446 g/mol.